The van der Waals surface area contributed by atoms with Crippen LogP contribution in [0.15, 0.2) is 0 Å². The van der Waals surface area contributed by atoms with Crippen LogP contribution in [0.4, 0.5) is 0 Å². The van der Waals surface area contributed by atoms with Crippen LogP contribution in [-0.2, 0) is 9.53 Å². The fourth-order valence-electron chi connectivity index (χ4n) is 1.62. The summed E-state index contributed by atoms with van der Waals surface area (Å²) in [5, 5.41) is 6.06. The SMILES string of the molecule is O=C(CNC1CC1)NC[C@@H]1CCCO1. The monoisotopic (exact) mass is 198 g/mol. The lowest BCUT2D eigenvalue weighted by Gasteiger charge is -2.10. The Kier molecular flexibility index (Phi) is 3.37. The molecule has 1 aliphatic heterocycles. The lowest BCUT2D eigenvalue weighted by molar-refractivity contribution is -0.120. The van der Waals surface area contributed by atoms with Crippen LogP contribution in [-0.4, -0.2) is 37.7 Å². The van der Waals surface area contributed by atoms with Gasteiger partial charge in [0, 0.05) is 19.2 Å². The van der Waals surface area contributed by atoms with E-state index in [9.17, 15) is 4.79 Å². The average Bonchev–Trinajstić information content (AvgIpc) is 2.87. The second-order valence-electron chi connectivity index (χ2n) is 4.09. The largest absolute Gasteiger partial charge is 0.376 e. The van der Waals surface area contributed by atoms with Crippen LogP contribution in [0.25, 0.3) is 0 Å². The van der Waals surface area contributed by atoms with Crippen molar-refractivity contribution in [2.24, 2.45) is 0 Å². The van der Waals surface area contributed by atoms with Crippen LogP contribution in [0.5, 0.6) is 0 Å². The number of carbonyl (C=O) groups is 1. The van der Waals surface area contributed by atoms with Gasteiger partial charge >= 0.3 is 0 Å². The highest BCUT2D eigenvalue weighted by molar-refractivity contribution is 5.78. The number of ether oxygens (including phenoxy) is 1. The Bertz CT molecular complexity index is 198. The van der Waals surface area contributed by atoms with E-state index in [0.717, 1.165) is 19.4 Å². The van der Waals surface area contributed by atoms with E-state index in [0.29, 0.717) is 19.1 Å². The van der Waals surface area contributed by atoms with E-state index in [1.165, 1.54) is 12.8 Å². The number of hydrogen-bond donors (Lipinski definition) is 2. The summed E-state index contributed by atoms with van der Waals surface area (Å²) in [5.74, 6) is 0.0902. The summed E-state index contributed by atoms with van der Waals surface area (Å²) in [7, 11) is 0. The van der Waals surface area contributed by atoms with Crippen molar-refractivity contribution in [1.82, 2.24) is 10.6 Å². The molecule has 2 rings (SSSR count). The third kappa shape index (κ3) is 3.27. The highest BCUT2D eigenvalue weighted by Gasteiger charge is 2.21. The van der Waals surface area contributed by atoms with Gasteiger partial charge in [-0.1, -0.05) is 0 Å². The standard InChI is InChI=1S/C10H18N2O2/c13-10(7-11-8-3-4-8)12-6-9-2-1-5-14-9/h8-9,11H,1-7H2,(H,12,13)/t9-/m0/s1. The van der Waals surface area contributed by atoms with Gasteiger partial charge in [-0.25, -0.2) is 0 Å². The minimum atomic E-state index is 0.0902. The van der Waals surface area contributed by atoms with Gasteiger partial charge in [0.25, 0.3) is 0 Å². The number of nitrogens with one attached hydrogen (secondary N) is 2. The van der Waals surface area contributed by atoms with E-state index >= 15 is 0 Å². The molecule has 0 aromatic rings. The molecule has 1 amide bonds. The normalized spacial score (nSPS) is 26.4. The maximum Gasteiger partial charge on any atom is 0.234 e. The maximum absolute atomic E-state index is 11.3. The molecule has 0 aromatic carbocycles. The fourth-order valence-corrected chi connectivity index (χ4v) is 1.62. The van der Waals surface area contributed by atoms with Gasteiger partial charge in [0.15, 0.2) is 0 Å². The Morgan fingerprint density at radius 1 is 1.36 bits per heavy atom. The van der Waals surface area contributed by atoms with Gasteiger partial charge in [-0.2, -0.15) is 0 Å². The number of carbonyl (C=O) groups excluding carboxylic acids is 1. The molecule has 0 bridgehead atoms. The number of amides is 1. The highest BCUT2D eigenvalue weighted by Crippen LogP contribution is 2.17. The highest BCUT2D eigenvalue weighted by atomic mass is 16.5. The predicted molar refractivity (Wildman–Crippen MR) is 53.0 cm³/mol. The van der Waals surface area contributed by atoms with Crippen LogP contribution in [0.3, 0.4) is 0 Å². The molecule has 14 heavy (non-hydrogen) atoms. The molecule has 80 valence electrons. The molecular formula is C10H18N2O2. The lowest BCUT2D eigenvalue weighted by atomic mass is 10.2. The van der Waals surface area contributed by atoms with E-state index < -0.39 is 0 Å². The molecule has 4 nitrogen and oxygen atoms in total. The van der Waals surface area contributed by atoms with Gasteiger partial charge < -0.3 is 15.4 Å². The first-order valence-electron chi connectivity index (χ1n) is 5.46. The molecule has 1 saturated heterocycles. The van der Waals surface area contributed by atoms with Gasteiger partial charge in [0.05, 0.1) is 12.6 Å². The Morgan fingerprint density at radius 3 is 2.86 bits per heavy atom. The first-order chi connectivity index (χ1) is 6.84. The van der Waals surface area contributed by atoms with Crippen LogP contribution in [0.2, 0.25) is 0 Å². The molecule has 2 N–H and O–H groups in total. The molecule has 2 fully saturated rings. The van der Waals surface area contributed by atoms with Crippen molar-refractivity contribution in [1.29, 1.82) is 0 Å². The molecule has 2 aliphatic rings. The quantitative estimate of drug-likeness (QED) is 0.655. The fraction of sp³-hybridized carbons (Fsp3) is 0.900. The second kappa shape index (κ2) is 4.75. The molecule has 4 heteroatoms. The van der Waals surface area contributed by atoms with Gasteiger partial charge in [-0.05, 0) is 25.7 Å². The zero-order valence-corrected chi connectivity index (χ0v) is 8.42. The molecule has 0 spiro atoms. The van der Waals surface area contributed by atoms with E-state index in [2.05, 4.69) is 10.6 Å². The van der Waals surface area contributed by atoms with Crippen molar-refractivity contribution in [2.45, 2.75) is 37.8 Å². The van der Waals surface area contributed by atoms with E-state index in [1.54, 1.807) is 0 Å². The number of rotatable bonds is 5. The Hall–Kier alpha value is -0.610. The third-order valence-electron chi connectivity index (χ3n) is 2.68. The molecular weight excluding hydrogens is 180 g/mol. The zero-order chi connectivity index (χ0) is 9.80. The average molecular weight is 198 g/mol. The minimum Gasteiger partial charge on any atom is -0.376 e. The molecule has 1 atom stereocenters. The second-order valence-corrected chi connectivity index (χ2v) is 4.09. The van der Waals surface area contributed by atoms with Crippen LogP contribution in [0.1, 0.15) is 25.7 Å². The Morgan fingerprint density at radius 2 is 2.21 bits per heavy atom. The van der Waals surface area contributed by atoms with Crippen molar-refractivity contribution in [3.63, 3.8) is 0 Å². The first kappa shape index (κ1) is 9.93. The summed E-state index contributed by atoms with van der Waals surface area (Å²) in [6.07, 6.45) is 4.90. The van der Waals surface area contributed by atoms with E-state index in [1.807, 2.05) is 0 Å². The van der Waals surface area contributed by atoms with Gasteiger partial charge in [-0.15, -0.1) is 0 Å². The smallest absolute Gasteiger partial charge is 0.234 e. The molecule has 0 aromatic heterocycles. The van der Waals surface area contributed by atoms with E-state index in [-0.39, 0.29) is 12.0 Å². The lowest BCUT2D eigenvalue weighted by Crippen LogP contribution is -2.38. The third-order valence-corrected chi connectivity index (χ3v) is 2.68. The zero-order valence-electron chi connectivity index (χ0n) is 8.42. The van der Waals surface area contributed by atoms with Gasteiger partial charge in [-0.3, -0.25) is 4.79 Å². The van der Waals surface area contributed by atoms with Crippen molar-refractivity contribution in [2.75, 3.05) is 19.7 Å². The Labute approximate surface area is 84.4 Å². The van der Waals surface area contributed by atoms with Crippen molar-refractivity contribution in [3.8, 4) is 0 Å². The predicted octanol–water partition coefficient (Wildman–Crippen LogP) is 0.0336. The maximum atomic E-state index is 11.3. The van der Waals surface area contributed by atoms with Crippen molar-refractivity contribution >= 4 is 5.91 Å². The molecule has 1 heterocycles. The summed E-state index contributed by atoms with van der Waals surface area (Å²) in [6, 6.07) is 0.600. The molecule has 1 aliphatic carbocycles. The van der Waals surface area contributed by atoms with E-state index in [4.69, 9.17) is 4.74 Å². The number of hydrogen-bond acceptors (Lipinski definition) is 3. The topological polar surface area (TPSA) is 50.4 Å². The summed E-state index contributed by atoms with van der Waals surface area (Å²) in [5.41, 5.74) is 0. The Balaban J connectivity index is 1.52. The molecule has 1 saturated carbocycles. The summed E-state index contributed by atoms with van der Waals surface area (Å²) in [6.45, 7) is 1.98. The van der Waals surface area contributed by atoms with Crippen LogP contribution < -0.4 is 10.6 Å². The minimum absolute atomic E-state index is 0.0902. The van der Waals surface area contributed by atoms with Crippen molar-refractivity contribution < 1.29 is 9.53 Å². The molecule has 0 radical (unpaired) electrons. The van der Waals surface area contributed by atoms with Crippen LogP contribution in [0, 0.1) is 0 Å². The van der Waals surface area contributed by atoms with Crippen LogP contribution >= 0.6 is 0 Å². The molecule has 0 unspecified atom stereocenters. The van der Waals surface area contributed by atoms with Gasteiger partial charge in [0.1, 0.15) is 0 Å². The first-order valence-corrected chi connectivity index (χ1v) is 5.46. The summed E-state index contributed by atoms with van der Waals surface area (Å²) in [4.78, 5) is 11.3. The summed E-state index contributed by atoms with van der Waals surface area (Å²) < 4.78 is 5.41. The summed E-state index contributed by atoms with van der Waals surface area (Å²) >= 11 is 0. The van der Waals surface area contributed by atoms with Gasteiger partial charge in [0.2, 0.25) is 5.91 Å². The van der Waals surface area contributed by atoms with Crippen molar-refractivity contribution in [3.05, 3.63) is 0 Å².